The number of nitrogens with zero attached hydrogens (tertiary/aromatic N) is 3. The van der Waals surface area contributed by atoms with Crippen LogP contribution in [0.25, 0.3) is 11.1 Å². The smallest absolute Gasteiger partial charge is 0.412 e. The van der Waals surface area contributed by atoms with Crippen LogP contribution in [0, 0.1) is 5.92 Å². The van der Waals surface area contributed by atoms with Gasteiger partial charge in [0.25, 0.3) is 5.91 Å². The second-order valence-corrected chi connectivity index (χ2v) is 11.9. The molecule has 1 aliphatic carbocycles. The summed E-state index contributed by atoms with van der Waals surface area (Å²) >= 11 is 5.91. The Hall–Kier alpha value is -4.23. The molecule has 14 heteroatoms. The Morgan fingerprint density at radius 1 is 1.05 bits per heavy atom. The van der Waals surface area contributed by atoms with Crippen LogP contribution in [-0.2, 0) is 19.1 Å². The largest absolute Gasteiger partial charge is 0.447 e. The van der Waals surface area contributed by atoms with E-state index in [1.165, 1.54) is 24.5 Å². The highest BCUT2D eigenvalue weighted by Crippen LogP contribution is 2.34. The summed E-state index contributed by atoms with van der Waals surface area (Å²) in [5.74, 6) is -1.27. The molecule has 0 atom stereocenters. The van der Waals surface area contributed by atoms with Crippen LogP contribution in [0.5, 0.6) is 0 Å². The number of pyridine rings is 2. The van der Waals surface area contributed by atoms with Gasteiger partial charge in [-0.3, -0.25) is 19.7 Å². The Morgan fingerprint density at radius 3 is 2.49 bits per heavy atom. The van der Waals surface area contributed by atoms with E-state index in [-0.39, 0.29) is 64.4 Å². The number of fused-ring (bicyclic) bond motifs is 1. The van der Waals surface area contributed by atoms with E-state index in [2.05, 4.69) is 25.9 Å². The van der Waals surface area contributed by atoms with Crippen LogP contribution < -0.4 is 16.0 Å². The molecule has 4 amide bonds. The molecule has 1 saturated heterocycles. The molecule has 5 rings (SSSR count). The number of anilines is 3. The highest BCUT2D eigenvalue weighted by atomic mass is 35.5. The first-order valence-electron chi connectivity index (χ1n) is 14.0. The quantitative estimate of drug-likeness (QED) is 0.353. The molecule has 3 aromatic rings. The van der Waals surface area contributed by atoms with Crippen molar-refractivity contribution in [2.45, 2.75) is 58.1 Å². The molecule has 3 aromatic heterocycles. The SMILES string of the molecule is CC(C)(C)OC(=O)Nc1cnc2c(NC(=O)[C@H]3CC[C@H](N4CCOCC4=O)CC3)c(C(=O)Nc3ccc(Cl)cn3)oc2c1. The summed E-state index contributed by atoms with van der Waals surface area (Å²) in [5.41, 5.74) is 0.0515. The summed E-state index contributed by atoms with van der Waals surface area (Å²) in [5, 5.41) is 8.49. The lowest BCUT2D eigenvalue weighted by Gasteiger charge is -2.38. The zero-order valence-electron chi connectivity index (χ0n) is 24.1. The normalized spacial score (nSPS) is 19.2. The average Bonchev–Trinajstić information content (AvgIpc) is 3.31. The van der Waals surface area contributed by atoms with Crippen molar-refractivity contribution in [3.8, 4) is 0 Å². The van der Waals surface area contributed by atoms with E-state index in [4.69, 9.17) is 25.5 Å². The lowest BCUT2D eigenvalue weighted by atomic mass is 9.84. The standard InChI is InChI=1S/C29H33ClN6O7/c1-29(2,3)43-28(40)33-18-12-20-23(32-14-18)24(25(42-20)27(39)34-21-9-6-17(30)13-31-21)35-26(38)16-4-7-19(8-5-16)36-10-11-41-15-22(36)37/h6,9,12-14,16,19H,4-5,7-8,10-11,15H2,1-3H3,(H,33,40)(H,35,38)(H,31,34,39)/t16-,19-. The van der Waals surface area contributed by atoms with E-state index in [1.54, 1.807) is 26.8 Å². The molecule has 0 unspecified atom stereocenters. The molecule has 2 aliphatic rings. The number of carbonyl (C=O) groups excluding carboxylic acids is 4. The van der Waals surface area contributed by atoms with Crippen molar-refractivity contribution in [3.63, 3.8) is 0 Å². The summed E-state index contributed by atoms with van der Waals surface area (Å²) < 4.78 is 16.4. The molecule has 228 valence electrons. The number of hydrogen-bond donors (Lipinski definition) is 3. The van der Waals surface area contributed by atoms with Crippen molar-refractivity contribution in [2.24, 2.45) is 5.92 Å². The van der Waals surface area contributed by atoms with Crippen molar-refractivity contribution in [1.29, 1.82) is 0 Å². The summed E-state index contributed by atoms with van der Waals surface area (Å²) in [7, 11) is 0. The van der Waals surface area contributed by atoms with Crippen LogP contribution in [0.4, 0.5) is 22.0 Å². The zero-order chi connectivity index (χ0) is 30.7. The monoisotopic (exact) mass is 612 g/mol. The van der Waals surface area contributed by atoms with Crippen LogP contribution in [-0.4, -0.2) is 70.1 Å². The lowest BCUT2D eigenvalue weighted by Crippen LogP contribution is -2.49. The first kappa shape index (κ1) is 30.2. The van der Waals surface area contributed by atoms with Crippen molar-refractivity contribution >= 4 is 63.7 Å². The third kappa shape index (κ3) is 7.41. The second-order valence-electron chi connectivity index (χ2n) is 11.5. The number of ether oxygens (including phenoxy) is 2. The van der Waals surface area contributed by atoms with Gasteiger partial charge in [0.1, 0.15) is 29.2 Å². The predicted octanol–water partition coefficient (Wildman–Crippen LogP) is 4.83. The van der Waals surface area contributed by atoms with Gasteiger partial charge in [-0.25, -0.2) is 14.8 Å². The molecule has 0 radical (unpaired) electrons. The van der Waals surface area contributed by atoms with Crippen LogP contribution >= 0.6 is 11.6 Å². The van der Waals surface area contributed by atoms with Gasteiger partial charge in [-0.1, -0.05) is 11.6 Å². The van der Waals surface area contributed by atoms with Gasteiger partial charge >= 0.3 is 6.09 Å². The fraction of sp³-hybridized carbons (Fsp3) is 0.448. The molecule has 3 N–H and O–H groups in total. The molecule has 0 aromatic carbocycles. The first-order chi connectivity index (χ1) is 20.5. The van der Waals surface area contributed by atoms with Crippen LogP contribution in [0.15, 0.2) is 35.0 Å². The number of halogens is 1. The van der Waals surface area contributed by atoms with Crippen LogP contribution in [0.2, 0.25) is 5.02 Å². The van der Waals surface area contributed by atoms with Gasteiger partial charge in [-0.15, -0.1) is 0 Å². The van der Waals surface area contributed by atoms with E-state index in [0.29, 0.717) is 43.9 Å². The molecule has 0 bridgehead atoms. The van der Waals surface area contributed by atoms with Crippen molar-refractivity contribution in [3.05, 3.63) is 41.4 Å². The van der Waals surface area contributed by atoms with Gasteiger partial charge in [-0.2, -0.15) is 0 Å². The minimum atomic E-state index is -0.707. The number of amides is 4. The minimum Gasteiger partial charge on any atom is -0.447 e. The maximum absolute atomic E-state index is 13.5. The molecule has 13 nitrogen and oxygen atoms in total. The van der Waals surface area contributed by atoms with Gasteiger partial charge in [0.15, 0.2) is 5.58 Å². The van der Waals surface area contributed by atoms with Crippen LogP contribution in [0.1, 0.15) is 57.0 Å². The third-order valence-electron chi connectivity index (χ3n) is 7.13. The van der Waals surface area contributed by atoms with Crippen molar-refractivity contribution < 1.29 is 33.1 Å². The summed E-state index contributed by atoms with van der Waals surface area (Å²) in [6.07, 6.45) is 4.59. The van der Waals surface area contributed by atoms with Gasteiger partial charge in [0.2, 0.25) is 17.6 Å². The summed E-state index contributed by atoms with van der Waals surface area (Å²) in [4.78, 5) is 61.6. The Balaban J connectivity index is 1.36. The molecule has 0 spiro atoms. The Bertz CT molecular complexity index is 1530. The second kappa shape index (κ2) is 12.6. The third-order valence-corrected chi connectivity index (χ3v) is 7.35. The number of morpholine rings is 1. The van der Waals surface area contributed by atoms with E-state index >= 15 is 0 Å². The minimum absolute atomic E-state index is 0.0264. The maximum Gasteiger partial charge on any atom is 0.412 e. The number of rotatable bonds is 6. The highest BCUT2D eigenvalue weighted by Gasteiger charge is 2.34. The number of carbonyl (C=O) groups is 4. The number of hydrogen-bond acceptors (Lipinski definition) is 9. The molecule has 2 fully saturated rings. The number of aromatic nitrogens is 2. The molecule has 4 heterocycles. The van der Waals surface area contributed by atoms with Gasteiger partial charge in [0, 0.05) is 30.8 Å². The Labute approximate surface area is 252 Å². The van der Waals surface area contributed by atoms with Gasteiger partial charge < -0.3 is 29.4 Å². The Morgan fingerprint density at radius 2 is 1.81 bits per heavy atom. The van der Waals surface area contributed by atoms with E-state index in [0.717, 1.165) is 0 Å². The molecular formula is C29H33ClN6O7. The first-order valence-corrected chi connectivity index (χ1v) is 14.4. The topological polar surface area (TPSA) is 165 Å². The fourth-order valence-electron chi connectivity index (χ4n) is 5.16. The number of nitrogens with one attached hydrogen (secondary N) is 3. The van der Waals surface area contributed by atoms with Gasteiger partial charge in [0.05, 0.1) is 23.5 Å². The van der Waals surface area contributed by atoms with Gasteiger partial charge in [-0.05, 0) is 58.6 Å². The summed E-state index contributed by atoms with van der Waals surface area (Å²) in [6, 6.07) is 4.66. The van der Waals surface area contributed by atoms with Crippen molar-refractivity contribution in [2.75, 3.05) is 35.7 Å². The van der Waals surface area contributed by atoms with E-state index in [9.17, 15) is 19.2 Å². The molecular weight excluding hydrogens is 580 g/mol. The molecule has 1 aliphatic heterocycles. The summed E-state index contributed by atoms with van der Waals surface area (Å²) in [6.45, 7) is 6.38. The number of furan rings is 1. The zero-order valence-corrected chi connectivity index (χ0v) is 24.8. The average molecular weight is 613 g/mol. The van der Waals surface area contributed by atoms with E-state index < -0.39 is 17.6 Å². The van der Waals surface area contributed by atoms with E-state index in [1.807, 2.05) is 4.90 Å². The van der Waals surface area contributed by atoms with Crippen molar-refractivity contribution in [1.82, 2.24) is 14.9 Å². The predicted molar refractivity (Wildman–Crippen MR) is 158 cm³/mol. The maximum atomic E-state index is 13.5. The fourth-order valence-corrected chi connectivity index (χ4v) is 5.27. The van der Waals surface area contributed by atoms with Crippen LogP contribution in [0.3, 0.4) is 0 Å². The Kier molecular flexibility index (Phi) is 8.83. The highest BCUT2D eigenvalue weighted by molar-refractivity contribution is 6.30. The lowest BCUT2D eigenvalue weighted by molar-refractivity contribution is -0.146. The molecule has 43 heavy (non-hydrogen) atoms. The molecule has 1 saturated carbocycles.